The lowest BCUT2D eigenvalue weighted by atomic mass is 10.0. The van der Waals surface area contributed by atoms with Crippen LogP contribution in [-0.4, -0.2) is 46.3 Å². The zero-order valence-corrected chi connectivity index (χ0v) is 17.5. The molecule has 2 atom stereocenters. The van der Waals surface area contributed by atoms with Crippen LogP contribution in [0.15, 0.2) is 52.9 Å². The van der Waals surface area contributed by atoms with Gasteiger partial charge in [-0.2, -0.15) is 0 Å². The van der Waals surface area contributed by atoms with Crippen LogP contribution in [0.1, 0.15) is 30.0 Å². The van der Waals surface area contributed by atoms with E-state index in [1.54, 1.807) is 24.5 Å². The van der Waals surface area contributed by atoms with Crippen molar-refractivity contribution in [3.8, 4) is 0 Å². The third-order valence-corrected chi connectivity index (χ3v) is 5.88. The van der Waals surface area contributed by atoms with Crippen molar-refractivity contribution in [2.45, 2.75) is 24.3 Å². The Morgan fingerprint density at radius 2 is 1.93 bits per heavy atom. The molecule has 158 valence electrons. The van der Waals surface area contributed by atoms with Gasteiger partial charge in [0.05, 0.1) is 13.0 Å². The Balaban J connectivity index is 1.93. The zero-order chi connectivity index (χ0) is 21.8. The molecule has 0 aliphatic heterocycles. The lowest BCUT2D eigenvalue weighted by molar-refractivity contribution is -0.146. The van der Waals surface area contributed by atoms with Gasteiger partial charge in [-0.25, -0.2) is 4.39 Å². The summed E-state index contributed by atoms with van der Waals surface area (Å²) >= 11 is -1.06. The minimum atomic E-state index is -1.13. The largest absolute Gasteiger partial charge is 0.612 e. The molecule has 0 spiro atoms. The summed E-state index contributed by atoms with van der Waals surface area (Å²) < 4.78 is 30.5. The molecule has 30 heavy (non-hydrogen) atoms. The summed E-state index contributed by atoms with van der Waals surface area (Å²) in [5.41, 5.74) is 4.70. The molecule has 0 aromatic heterocycles. The van der Waals surface area contributed by atoms with E-state index in [1.807, 2.05) is 25.1 Å². The molecule has 0 saturated heterocycles. The van der Waals surface area contributed by atoms with Crippen molar-refractivity contribution in [2.75, 3.05) is 19.5 Å². The minimum Gasteiger partial charge on any atom is -0.612 e. The molecule has 1 aliphatic carbocycles. The molecule has 7 heteroatoms. The number of carbonyl (C=O) groups excluding carboxylic acids is 1. The van der Waals surface area contributed by atoms with Crippen LogP contribution in [0.2, 0.25) is 0 Å². The molecular weight excluding hydrogens is 407 g/mol. The van der Waals surface area contributed by atoms with Gasteiger partial charge in [-0.05, 0) is 94.0 Å². The Labute approximate surface area is 177 Å². The fourth-order valence-electron chi connectivity index (χ4n) is 3.34. The summed E-state index contributed by atoms with van der Waals surface area (Å²) in [6.07, 6.45) is 2.36. The maximum atomic E-state index is 13.9. The second-order valence-electron chi connectivity index (χ2n) is 7.07. The molecule has 3 rings (SSSR count). The van der Waals surface area contributed by atoms with Gasteiger partial charge in [0.15, 0.2) is 4.90 Å². The van der Waals surface area contributed by atoms with Gasteiger partial charge in [0.25, 0.3) is 0 Å². The highest BCUT2D eigenvalue weighted by Gasteiger charge is 2.26. The summed E-state index contributed by atoms with van der Waals surface area (Å²) in [7, 11) is 0. The van der Waals surface area contributed by atoms with E-state index in [0.29, 0.717) is 11.1 Å². The number of hydrogen-bond donors (Lipinski definition) is 2. The lowest BCUT2D eigenvalue weighted by Crippen LogP contribution is -2.22. The molecular formula is C23H23FO5S. The number of aliphatic hydroxyl groups excluding tert-OH is 2. The second-order valence-corrected chi connectivity index (χ2v) is 8.45. The predicted molar refractivity (Wildman–Crippen MR) is 114 cm³/mol. The van der Waals surface area contributed by atoms with Gasteiger partial charge < -0.3 is 19.5 Å². The van der Waals surface area contributed by atoms with Crippen LogP contribution in [0, 0.1) is 5.82 Å². The minimum absolute atomic E-state index is 0.0778. The van der Waals surface area contributed by atoms with Crippen molar-refractivity contribution in [1.82, 2.24) is 0 Å². The summed E-state index contributed by atoms with van der Waals surface area (Å²) in [5.74, 6) is -0.970. The molecule has 0 amide bonds. The predicted octanol–water partition coefficient (Wildman–Crippen LogP) is 3.18. The highest BCUT2D eigenvalue weighted by atomic mass is 32.2. The average molecular weight is 430 g/mol. The summed E-state index contributed by atoms with van der Waals surface area (Å²) in [5, 5.41) is 18.2. The number of rotatable bonds is 7. The Bertz CT molecular complexity index is 995. The van der Waals surface area contributed by atoms with Crippen molar-refractivity contribution >= 4 is 34.4 Å². The molecule has 2 aromatic rings. The third kappa shape index (κ3) is 4.99. The first-order valence-corrected chi connectivity index (χ1v) is 11.0. The SMILES string of the molecule is CC1=C(CC(=O)OCC(O)CO)c2cc(F)ccc2C1=Cc1ccc([S+](C)[O-])cc1. The molecule has 0 radical (unpaired) electrons. The van der Waals surface area contributed by atoms with Crippen molar-refractivity contribution in [3.05, 3.63) is 70.5 Å². The maximum Gasteiger partial charge on any atom is 0.310 e. The number of aliphatic hydroxyl groups is 2. The molecule has 0 heterocycles. The number of esters is 1. The van der Waals surface area contributed by atoms with E-state index in [1.165, 1.54) is 12.1 Å². The number of hydrogen-bond acceptors (Lipinski definition) is 5. The smallest absolute Gasteiger partial charge is 0.310 e. The van der Waals surface area contributed by atoms with E-state index in [-0.39, 0.29) is 13.0 Å². The van der Waals surface area contributed by atoms with E-state index >= 15 is 0 Å². The van der Waals surface area contributed by atoms with Crippen molar-refractivity contribution in [3.63, 3.8) is 0 Å². The molecule has 0 fully saturated rings. The van der Waals surface area contributed by atoms with Crippen LogP contribution in [-0.2, 0) is 20.7 Å². The lowest BCUT2D eigenvalue weighted by Gasteiger charge is -2.10. The maximum absolute atomic E-state index is 13.9. The van der Waals surface area contributed by atoms with Gasteiger partial charge in [0.2, 0.25) is 0 Å². The average Bonchev–Trinajstić information content (AvgIpc) is 2.97. The first kappa shape index (κ1) is 22.2. The number of halogens is 1. The van der Waals surface area contributed by atoms with Gasteiger partial charge in [-0.15, -0.1) is 0 Å². The third-order valence-electron chi connectivity index (χ3n) is 4.95. The van der Waals surface area contributed by atoms with Crippen LogP contribution < -0.4 is 0 Å². The van der Waals surface area contributed by atoms with Crippen LogP contribution in [0.25, 0.3) is 17.2 Å². The first-order valence-electron chi connectivity index (χ1n) is 9.40. The van der Waals surface area contributed by atoms with Gasteiger partial charge >= 0.3 is 5.97 Å². The van der Waals surface area contributed by atoms with Crippen molar-refractivity contribution in [1.29, 1.82) is 0 Å². The fraction of sp³-hybridized carbons (Fsp3) is 0.261. The van der Waals surface area contributed by atoms with Crippen LogP contribution in [0.3, 0.4) is 0 Å². The van der Waals surface area contributed by atoms with Crippen molar-refractivity contribution in [2.24, 2.45) is 0 Å². The number of carbonyl (C=O) groups is 1. The normalized spacial score (nSPS) is 16.5. The first-order chi connectivity index (χ1) is 14.3. The van der Waals surface area contributed by atoms with E-state index in [9.17, 15) is 18.8 Å². The van der Waals surface area contributed by atoms with Crippen LogP contribution in [0.4, 0.5) is 4.39 Å². The van der Waals surface area contributed by atoms with Crippen LogP contribution in [0.5, 0.6) is 0 Å². The summed E-state index contributed by atoms with van der Waals surface area (Å²) in [6.45, 7) is 1.07. The Morgan fingerprint density at radius 3 is 2.57 bits per heavy atom. The topological polar surface area (TPSA) is 89.8 Å². The number of benzene rings is 2. The zero-order valence-electron chi connectivity index (χ0n) is 16.7. The van der Waals surface area contributed by atoms with Crippen LogP contribution >= 0.6 is 0 Å². The summed E-state index contributed by atoms with van der Waals surface area (Å²) in [4.78, 5) is 13.0. The van der Waals surface area contributed by atoms with Gasteiger partial charge in [0.1, 0.15) is 24.8 Å². The number of fused-ring (bicyclic) bond motifs is 1. The molecule has 0 bridgehead atoms. The highest BCUT2D eigenvalue weighted by molar-refractivity contribution is 7.90. The number of allylic oxidation sites excluding steroid dienone is 2. The molecule has 5 nitrogen and oxygen atoms in total. The van der Waals surface area contributed by atoms with E-state index in [4.69, 9.17) is 9.84 Å². The molecule has 2 aromatic carbocycles. The standard InChI is InChI=1S/C23H23FO5S/c1-14-20(9-15-3-6-18(7-4-15)30(2)28)19-8-5-16(24)10-22(19)21(14)11-23(27)29-13-17(26)12-25/h3-10,17,25-26H,11-13H2,1-2H3. The summed E-state index contributed by atoms with van der Waals surface area (Å²) in [6, 6.07) is 11.8. The van der Waals surface area contributed by atoms with Gasteiger partial charge in [-0.3, -0.25) is 4.79 Å². The van der Waals surface area contributed by atoms with Crippen molar-refractivity contribution < 1.29 is 28.7 Å². The Kier molecular flexibility index (Phi) is 7.10. The number of ether oxygens (including phenoxy) is 1. The molecule has 2 unspecified atom stereocenters. The quantitative estimate of drug-likeness (QED) is 0.520. The van der Waals surface area contributed by atoms with Gasteiger partial charge in [0, 0.05) is 0 Å². The Hall–Kier alpha value is -2.45. The molecule has 0 saturated carbocycles. The van der Waals surface area contributed by atoms with E-state index < -0.39 is 35.7 Å². The fourth-order valence-corrected chi connectivity index (χ4v) is 3.86. The molecule has 1 aliphatic rings. The Morgan fingerprint density at radius 1 is 1.23 bits per heavy atom. The monoisotopic (exact) mass is 430 g/mol. The highest BCUT2D eigenvalue weighted by Crippen LogP contribution is 2.44. The van der Waals surface area contributed by atoms with E-state index in [2.05, 4.69) is 0 Å². The van der Waals surface area contributed by atoms with Gasteiger partial charge in [-0.1, -0.05) is 6.07 Å². The second kappa shape index (κ2) is 9.57. The van der Waals surface area contributed by atoms with E-state index in [0.717, 1.165) is 27.2 Å². The molecule has 2 N–H and O–H groups in total.